The number of likely N-dealkylation sites (N-methyl/N-ethyl adjacent to an activating group) is 1. The molecular formula is C20H21N3O3S2. The molecular weight excluding hydrogens is 394 g/mol. The lowest BCUT2D eigenvalue weighted by Crippen LogP contribution is -2.27. The van der Waals surface area contributed by atoms with E-state index in [0.29, 0.717) is 22.9 Å². The molecule has 1 N–H and O–H groups in total. The van der Waals surface area contributed by atoms with Crippen molar-refractivity contribution in [1.82, 2.24) is 9.88 Å². The number of rotatable bonds is 8. The van der Waals surface area contributed by atoms with Crippen molar-refractivity contribution >= 4 is 50.8 Å². The number of ether oxygens (including phenoxy) is 1. The van der Waals surface area contributed by atoms with Gasteiger partial charge in [0.25, 0.3) is 5.91 Å². The quantitative estimate of drug-likeness (QED) is 0.608. The summed E-state index contributed by atoms with van der Waals surface area (Å²) in [7, 11) is 3.36. The normalized spacial score (nSPS) is 10.6. The molecule has 0 bridgehead atoms. The van der Waals surface area contributed by atoms with Gasteiger partial charge in [0.1, 0.15) is 10.8 Å². The van der Waals surface area contributed by atoms with Gasteiger partial charge >= 0.3 is 0 Å². The number of aromatic nitrogens is 1. The van der Waals surface area contributed by atoms with Gasteiger partial charge in [0.15, 0.2) is 6.61 Å². The number of nitrogens with zero attached hydrogens (tertiary/aromatic N) is 2. The lowest BCUT2D eigenvalue weighted by atomic mass is 10.3. The predicted molar refractivity (Wildman–Crippen MR) is 115 cm³/mol. The van der Waals surface area contributed by atoms with Crippen LogP contribution in [0.5, 0.6) is 5.75 Å². The van der Waals surface area contributed by atoms with Gasteiger partial charge in [0.05, 0.1) is 16.0 Å². The Hall–Kier alpha value is -2.58. The van der Waals surface area contributed by atoms with E-state index in [4.69, 9.17) is 4.74 Å². The van der Waals surface area contributed by atoms with Gasteiger partial charge in [-0.05, 0) is 36.4 Å². The fourth-order valence-electron chi connectivity index (χ4n) is 2.32. The second-order valence-electron chi connectivity index (χ2n) is 6.22. The summed E-state index contributed by atoms with van der Waals surface area (Å²) in [6.45, 7) is -0.0128. The lowest BCUT2D eigenvalue weighted by molar-refractivity contribution is -0.130. The average Bonchev–Trinajstić information content (AvgIpc) is 3.10. The topological polar surface area (TPSA) is 71.5 Å². The number of hydrogen-bond acceptors (Lipinski definition) is 6. The molecule has 0 unspecified atom stereocenters. The van der Waals surface area contributed by atoms with Crippen LogP contribution in [-0.2, 0) is 15.3 Å². The maximum Gasteiger partial charge on any atom is 0.259 e. The number of carbonyl (C=O) groups excluding carboxylic acids is 2. The number of para-hydroxylation sites is 1. The van der Waals surface area contributed by atoms with Crippen LogP contribution in [-0.4, -0.2) is 48.2 Å². The van der Waals surface area contributed by atoms with Gasteiger partial charge < -0.3 is 15.0 Å². The average molecular weight is 416 g/mol. The molecule has 6 nitrogen and oxygen atoms in total. The first-order valence-electron chi connectivity index (χ1n) is 8.66. The molecule has 3 aromatic rings. The van der Waals surface area contributed by atoms with Crippen LogP contribution in [0.25, 0.3) is 10.2 Å². The zero-order valence-electron chi connectivity index (χ0n) is 15.7. The lowest BCUT2D eigenvalue weighted by Gasteiger charge is -2.11. The third-order valence-corrected chi connectivity index (χ3v) is 5.96. The van der Waals surface area contributed by atoms with Crippen LogP contribution in [0.3, 0.4) is 0 Å². The van der Waals surface area contributed by atoms with Gasteiger partial charge in [-0.25, -0.2) is 4.98 Å². The third kappa shape index (κ3) is 5.71. The van der Waals surface area contributed by atoms with Crippen LogP contribution in [0, 0.1) is 0 Å². The predicted octanol–water partition coefficient (Wildman–Crippen LogP) is 3.64. The largest absolute Gasteiger partial charge is 0.484 e. The highest BCUT2D eigenvalue weighted by Crippen LogP contribution is 2.25. The highest BCUT2D eigenvalue weighted by atomic mass is 32.2. The highest BCUT2D eigenvalue weighted by Gasteiger charge is 2.08. The molecule has 2 aromatic carbocycles. The number of carbonyl (C=O) groups is 2. The Balaban J connectivity index is 1.42. The van der Waals surface area contributed by atoms with Gasteiger partial charge in [0.2, 0.25) is 5.91 Å². The van der Waals surface area contributed by atoms with Crippen LogP contribution in [0.15, 0.2) is 48.5 Å². The molecule has 0 aliphatic rings. The number of thioether (sulfide) groups is 1. The number of nitrogens with one attached hydrogen (secondary N) is 1. The summed E-state index contributed by atoms with van der Waals surface area (Å²) in [6, 6.07) is 15.0. The SMILES string of the molecule is CN(C)C(=O)COc1ccc(NC(=O)CSCc2nc3ccccc3s2)cc1. The molecule has 3 rings (SSSR count). The van der Waals surface area contributed by atoms with Crippen molar-refractivity contribution in [1.29, 1.82) is 0 Å². The minimum atomic E-state index is -0.109. The molecule has 146 valence electrons. The van der Waals surface area contributed by atoms with E-state index < -0.39 is 0 Å². The Bertz CT molecular complexity index is 922. The van der Waals surface area contributed by atoms with Crippen LogP contribution in [0.1, 0.15) is 5.01 Å². The number of anilines is 1. The Labute approximate surface area is 171 Å². The standard InChI is InChI=1S/C20H21N3O3S2/c1-23(2)20(25)11-26-15-9-7-14(8-10-15)21-18(24)12-27-13-19-22-16-5-3-4-6-17(16)28-19/h3-10H,11-13H2,1-2H3,(H,21,24). The van der Waals surface area contributed by atoms with E-state index in [9.17, 15) is 9.59 Å². The smallest absolute Gasteiger partial charge is 0.259 e. The molecule has 8 heteroatoms. The molecule has 1 aromatic heterocycles. The third-order valence-electron chi connectivity index (χ3n) is 3.80. The number of benzene rings is 2. The van der Waals surface area contributed by atoms with Gasteiger partial charge in [-0.2, -0.15) is 0 Å². The number of fused-ring (bicyclic) bond motifs is 1. The van der Waals surface area contributed by atoms with Gasteiger partial charge in [-0.3, -0.25) is 9.59 Å². The molecule has 0 saturated heterocycles. The zero-order chi connectivity index (χ0) is 19.9. The van der Waals surface area contributed by atoms with E-state index in [1.165, 1.54) is 16.7 Å². The summed E-state index contributed by atoms with van der Waals surface area (Å²) >= 11 is 3.19. The molecule has 0 fully saturated rings. The van der Waals surface area contributed by atoms with Crippen molar-refractivity contribution in [3.05, 3.63) is 53.5 Å². The summed E-state index contributed by atoms with van der Waals surface area (Å²) in [5.74, 6) is 1.47. The summed E-state index contributed by atoms with van der Waals surface area (Å²) < 4.78 is 6.58. The van der Waals surface area contributed by atoms with Crippen LogP contribution < -0.4 is 10.1 Å². The Morgan fingerprint density at radius 1 is 1.14 bits per heavy atom. The van der Waals surface area contributed by atoms with Crippen LogP contribution in [0.2, 0.25) is 0 Å². The van der Waals surface area contributed by atoms with Crippen molar-refractivity contribution in [3.8, 4) is 5.75 Å². The summed E-state index contributed by atoms with van der Waals surface area (Å²) in [6.07, 6.45) is 0. The van der Waals surface area contributed by atoms with Gasteiger partial charge in [0, 0.05) is 25.5 Å². The molecule has 0 saturated carbocycles. The van der Waals surface area contributed by atoms with Gasteiger partial charge in [-0.1, -0.05) is 12.1 Å². The molecule has 0 aliphatic heterocycles. The summed E-state index contributed by atoms with van der Waals surface area (Å²) in [4.78, 5) is 29.7. The van der Waals surface area contributed by atoms with Crippen molar-refractivity contribution in [2.24, 2.45) is 0 Å². The van der Waals surface area contributed by atoms with E-state index in [2.05, 4.69) is 16.4 Å². The van der Waals surface area contributed by atoms with Crippen LogP contribution >= 0.6 is 23.1 Å². The van der Waals surface area contributed by atoms with Crippen LogP contribution in [0.4, 0.5) is 5.69 Å². The minimum Gasteiger partial charge on any atom is -0.484 e. The molecule has 0 atom stereocenters. The maximum atomic E-state index is 12.1. The van der Waals surface area contributed by atoms with E-state index in [-0.39, 0.29) is 18.4 Å². The monoisotopic (exact) mass is 415 g/mol. The van der Waals surface area contributed by atoms with Crippen molar-refractivity contribution in [3.63, 3.8) is 0 Å². The number of amides is 2. The first kappa shape index (κ1) is 20.2. The van der Waals surface area contributed by atoms with E-state index in [0.717, 1.165) is 15.2 Å². The molecule has 2 amide bonds. The van der Waals surface area contributed by atoms with E-state index >= 15 is 0 Å². The zero-order valence-corrected chi connectivity index (χ0v) is 17.3. The molecule has 0 radical (unpaired) electrons. The minimum absolute atomic E-state index is 0.0128. The maximum absolute atomic E-state index is 12.1. The highest BCUT2D eigenvalue weighted by molar-refractivity contribution is 7.99. The second-order valence-corrected chi connectivity index (χ2v) is 8.32. The van der Waals surface area contributed by atoms with Crippen molar-refractivity contribution in [2.75, 3.05) is 31.8 Å². The van der Waals surface area contributed by atoms with E-state index in [1.807, 2.05) is 18.2 Å². The Morgan fingerprint density at radius 3 is 2.61 bits per heavy atom. The fraction of sp³-hybridized carbons (Fsp3) is 0.250. The second kappa shape index (κ2) is 9.57. The van der Waals surface area contributed by atoms with Crippen molar-refractivity contribution < 1.29 is 14.3 Å². The first-order valence-corrected chi connectivity index (χ1v) is 10.6. The number of hydrogen-bond donors (Lipinski definition) is 1. The van der Waals surface area contributed by atoms with Gasteiger partial charge in [-0.15, -0.1) is 23.1 Å². The van der Waals surface area contributed by atoms with E-state index in [1.54, 1.807) is 49.7 Å². The summed E-state index contributed by atoms with van der Waals surface area (Å²) in [5, 5.41) is 3.88. The molecule has 1 heterocycles. The fourth-order valence-corrected chi connectivity index (χ4v) is 4.17. The molecule has 28 heavy (non-hydrogen) atoms. The molecule has 0 aliphatic carbocycles. The Morgan fingerprint density at radius 2 is 1.89 bits per heavy atom. The Kier molecular flexibility index (Phi) is 6.89. The van der Waals surface area contributed by atoms with Crippen molar-refractivity contribution in [2.45, 2.75) is 5.75 Å². The first-order chi connectivity index (χ1) is 13.5. The summed E-state index contributed by atoms with van der Waals surface area (Å²) in [5.41, 5.74) is 1.69. The molecule has 0 spiro atoms. The number of thiazole rings is 1.